The number of hydrogen-bond donors (Lipinski definition) is 2. The van der Waals surface area contributed by atoms with Crippen LogP contribution in [-0.4, -0.2) is 32.4 Å². The minimum absolute atomic E-state index is 0.0190. The number of carbonyl (C=O) groups excluding carboxylic acids is 1. The van der Waals surface area contributed by atoms with E-state index in [1.165, 1.54) is 63.4 Å². The Hall–Kier alpha value is -2.98. The van der Waals surface area contributed by atoms with Crippen LogP contribution in [-0.2, 0) is 14.8 Å². The van der Waals surface area contributed by atoms with Crippen LogP contribution >= 0.6 is 0 Å². The van der Waals surface area contributed by atoms with Crippen molar-refractivity contribution in [1.29, 1.82) is 0 Å². The first-order valence-corrected chi connectivity index (χ1v) is 9.35. The summed E-state index contributed by atoms with van der Waals surface area (Å²) in [6.07, 6.45) is 0. The number of rotatable bonds is 7. The fourth-order valence-electron chi connectivity index (χ4n) is 2.31. The molecular formula is C17H19N3O6S. The van der Waals surface area contributed by atoms with E-state index in [4.69, 9.17) is 4.74 Å². The molecule has 0 heterocycles. The van der Waals surface area contributed by atoms with Gasteiger partial charge in [0.2, 0.25) is 15.9 Å². The third kappa shape index (κ3) is 4.80. The van der Waals surface area contributed by atoms with Crippen molar-refractivity contribution in [2.45, 2.75) is 24.8 Å². The van der Waals surface area contributed by atoms with Crippen LogP contribution in [0.15, 0.2) is 47.4 Å². The lowest BCUT2D eigenvalue weighted by atomic mass is 10.1. The smallest absolute Gasteiger partial charge is 0.274 e. The number of nitro groups is 1. The van der Waals surface area contributed by atoms with E-state index in [1.54, 1.807) is 0 Å². The molecule has 1 atom stereocenters. The third-order valence-corrected chi connectivity index (χ3v) is 5.41. The quantitative estimate of drug-likeness (QED) is 0.548. The Kier molecular flexibility index (Phi) is 6.13. The molecule has 0 aromatic heterocycles. The lowest BCUT2D eigenvalue weighted by molar-refractivity contribution is -0.385. The Bertz CT molecular complexity index is 957. The van der Waals surface area contributed by atoms with E-state index in [2.05, 4.69) is 10.0 Å². The molecule has 0 aliphatic heterocycles. The predicted octanol–water partition coefficient (Wildman–Crippen LogP) is 2.22. The SMILES string of the molecule is COc1ccc(S(=O)(=O)N[C@@H](C)C(=O)Nc2cccc([N+](=O)[O-])c2C)cc1. The van der Waals surface area contributed by atoms with E-state index in [9.17, 15) is 23.3 Å². The number of sulfonamides is 1. The van der Waals surface area contributed by atoms with Gasteiger partial charge < -0.3 is 10.1 Å². The summed E-state index contributed by atoms with van der Waals surface area (Å²) in [4.78, 5) is 22.7. The van der Waals surface area contributed by atoms with Gasteiger partial charge in [0.05, 0.1) is 34.2 Å². The van der Waals surface area contributed by atoms with Crippen molar-refractivity contribution in [1.82, 2.24) is 4.72 Å². The molecule has 27 heavy (non-hydrogen) atoms. The second-order valence-electron chi connectivity index (χ2n) is 5.71. The number of nitro benzene ring substituents is 1. The van der Waals surface area contributed by atoms with Crippen molar-refractivity contribution >= 4 is 27.3 Å². The Morgan fingerprint density at radius 1 is 1.19 bits per heavy atom. The van der Waals surface area contributed by atoms with Crippen molar-refractivity contribution in [2.75, 3.05) is 12.4 Å². The maximum atomic E-state index is 12.4. The largest absolute Gasteiger partial charge is 0.497 e. The number of methoxy groups -OCH3 is 1. The van der Waals surface area contributed by atoms with E-state index in [0.717, 1.165) is 0 Å². The lowest BCUT2D eigenvalue weighted by Crippen LogP contribution is -2.41. The number of ether oxygens (including phenoxy) is 1. The van der Waals surface area contributed by atoms with Gasteiger partial charge in [-0.15, -0.1) is 0 Å². The number of nitrogens with zero attached hydrogens (tertiary/aromatic N) is 1. The average molecular weight is 393 g/mol. The molecule has 0 radical (unpaired) electrons. The molecule has 2 aromatic carbocycles. The van der Waals surface area contributed by atoms with Crippen LogP contribution < -0.4 is 14.8 Å². The number of hydrogen-bond acceptors (Lipinski definition) is 6. The van der Waals surface area contributed by atoms with Crippen LogP contribution in [0.1, 0.15) is 12.5 Å². The van der Waals surface area contributed by atoms with Gasteiger partial charge in [-0.05, 0) is 44.2 Å². The van der Waals surface area contributed by atoms with E-state index in [0.29, 0.717) is 5.75 Å². The molecule has 10 heteroatoms. The molecule has 0 aliphatic carbocycles. The van der Waals surface area contributed by atoms with Gasteiger partial charge in [0.1, 0.15) is 5.75 Å². The van der Waals surface area contributed by atoms with Crippen molar-refractivity contribution in [3.05, 3.63) is 58.1 Å². The molecule has 144 valence electrons. The maximum absolute atomic E-state index is 12.4. The summed E-state index contributed by atoms with van der Waals surface area (Å²) in [6.45, 7) is 2.88. The minimum atomic E-state index is -3.93. The van der Waals surface area contributed by atoms with Crippen molar-refractivity contribution in [3.8, 4) is 5.75 Å². The zero-order chi connectivity index (χ0) is 20.2. The van der Waals surface area contributed by atoms with Gasteiger partial charge in [0, 0.05) is 6.07 Å². The zero-order valence-electron chi connectivity index (χ0n) is 14.9. The molecule has 0 saturated carbocycles. The highest BCUT2D eigenvalue weighted by atomic mass is 32.2. The topological polar surface area (TPSA) is 128 Å². The molecule has 2 aromatic rings. The van der Waals surface area contributed by atoms with Crippen LogP contribution in [0.5, 0.6) is 5.75 Å². The van der Waals surface area contributed by atoms with Crippen molar-refractivity contribution in [2.24, 2.45) is 0 Å². The predicted molar refractivity (Wildman–Crippen MR) is 99.2 cm³/mol. The molecule has 0 fully saturated rings. The highest BCUT2D eigenvalue weighted by Gasteiger charge is 2.23. The summed E-state index contributed by atoms with van der Waals surface area (Å²) in [5, 5.41) is 13.5. The molecule has 9 nitrogen and oxygen atoms in total. The number of benzene rings is 2. The number of nitrogens with one attached hydrogen (secondary N) is 2. The summed E-state index contributed by atoms with van der Waals surface area (Å²) < 4.78 is 32.0. The molecule has 1 amide bonds. The number of anilines is 1. The molecule has 2 N–H and O–H groups in total. The molecule has 2 rings (SSSR count). The van der Waals surface area contributed by atoms with E-state index in [-0.39, 0.29) is 21.8 Å². The van der Waals surface area contributed by atoms with Gasteiger partial charge in [-0.1, -0.05) is 6.07 Å². The molecular weight excluding hydrogens is 374 g/mol. The average Bonchev–Trinajstić information content (AvgIpc) is 2.62. The summed E-state index contributed by atoms with van der Waals surface area (Å²) >= 11 is 0. The van der Waals surface area contributed by atoms with Gasteiger partial charge in [0.25, 0.3) is 5.69 Å². The van der Waals surface area contributed by atoms with Gasteiger partial charge >= 0.3 is 0 Å². The van der Waals surface area contributed by atoms with Gasteiger partial charge in [0.15, 0.2) is 0 Å². The normalized spacial score (nSPS) is 12.3. The number of amides is 1. The number of carbonyl (C=O) groups is 1. The first kappa shape index (κ1) is 20.3. The maximum Gasteiger partial charge on any atom is 0.274 e. The Morgan fingerprint density at radius 2 is 1.81 bits per heavy atom. The monoisotopic (exact) mass is 393 g/mol. The second kappa shape index (κ2) is 8.14. The summed E-state index contributed by atoms with van der Waals surface area (Å²) in [5.74, 6) is -0.142. The standard InChI is InChI=1S/C17H19N3O6S/c1-11-15(5-4-6-16(11)20(22)23)18-17(21)12(2)19-27(24,25)14-9-7-13(26-3)8-10-14/h4-10,12,19H,1-3H3,(H,18,21)/t12-/m0/s1. The second-order valence-corrected chi connectivity index (χ2v) is 7.43. The minimum Gasteiger partial charge on any atom is -0.497 e. The third-order valence-electron chi connectivity index (χ3n) is 3.85. The highest BCUT2D eigenvalue weighted by Crippen LogP contribution is 2.25. The van der Waals surface area contributed by atoms with Gasteiger partial charge in [-0.3, -0.25) is 14.9 Å². The molecule has 0 bridgehead atoms. The molecule has 0 aliphatic rings. The van der Waals surface area contributed by atoms with E-state index >= 15 is 0 Å². The molecule has 0 spiro atoms. The van der Waals surface area contributed by atoms with Crippen LogP contribution in [0.25, 0.3) is 0 Å². The highest BCUT2D eigenvalue weighted by molar-refractivity contribution is 7.89. The van der Waals surface area contributed by atoms with Crippen LogP contribution in [0.3, 0.4) is 0 Å². The van der Waals surface area contributed by atoms with E-state index in [1.807, 2.05) is 0 Å². The summed E-state index contributed by atoms with van der Waals surface area (Å²) in [7, 11) is -2.47. The fourth-order valence-corrected chi connectivity index (χ4v) is 3.51. The Balaban J connectivity index is 2.13. The first-order valence-electron chi connectivity index (χ1n) is 7.87. The van der Waals surface area contributed by atoms with Crippen LogP contribution in [0.4, 0.5) is 11.4 Å². The van der Waals surface area contributed by atoms with E-state index < -0.39 is 26.9 Å². The van der Waals surface area contributed by atoms with Crippen LogP contribution in [0, 0.1) is 17.0 Å². The molecule has 0 unspecified atom stereocenters. The Labute approximate surface area is 156 Å². The van der Waals surface area contributed by atoms with Gasteiger partial charge in [-0.2, -0.15) is 4.72 Å². The summed E-state index contributed by atoms with van der Waals surface area (Å²) in [6, 6.07) is 8.86. The van der Waals surface area contributed by atoms with Gasteiger partial charge in [-0.25, -0.2) is 8.42 Å². The van der Waals surface area contributed by atoms with Crippen LogP contribution in [0.2, 0.25) is 0 Å². The zero-order valence-corrected chi connectivity index (χ0v) is 15.7. The van der Waals surface area contributed by atoms with Crippen molar-refractivity contribution in [3.63, 3.8) is 0 Å². The summed E-state index contributed by atoms with van der Waals surface area (Å²) in [5.41, 5.74) is 0.380. The van der Waals surface area contributed by atoms with Crippen molar-refractivity contribution < 1.29 is 22.9 Å². The molecule has 0 saturated heterocycles. The first-order chi connectivity index (χ1) is 12.7. The Morgan fingerprint density at radius 3 is 2.37 bits per heavy atom. The lowest BCUT2D eigenvalue weighted by Gasteiger charge is -2.15. The fraction of sp³-hybridized carbons (Fsp3) is 0.235.